The number of hydrogen-bond acceptors (Lipinski definition) is 6. The monoisotopic (exact) mass is 414 g/mol. The summed E-state index contributed by atoms with van der Waals surface area (Å²) in [6.07, 6.45) is -0.277. The van der Waals surface area contributed by atoms with Gasteiger partial charge in [-0.3, -0.25) is 0 Å². The normalized spacial score (nSPS) is 11.2. The number of esters is 1. The van der Waals surface area contributed by atoms with Gasteiger partial charge in [-0.2, -0.15) is 0 Å². The zero-order valence-electron chi connectivity index (χ0n) is 16.8. The summed E-state index contributed by atoms with van der Waals surface area (Å²) >= 11 is 0. The van der Waals surface area contributed by atoms with Crippen LogP contribution < -0.4 is 10.6 Å². The van der Waals surface area contributed by atoms with Gasteiger partial charge in [0.05, 0.1) is 6.61 Å². The number of unbranched alkanes of at least 4 members (excludes halogenated alkanes) is 1. The molecule has 0 radical (unpaired) electrons. The lowest BCUT2D eigenvalue weighted by Crippen LogP contribution is -2.45. The van der Waals surface area contributed by atoms with Crippen molar-refractivity contribution in [2.24, 2.45) is 0 Å². The Labute approximate surface area is 175 Å². The first-order valence-electron chi connectivity index (χ1n) is 9.73. The summed E-state index contributed by atoms with van der Waals surface area (Å²) in [6, 6.07) is 14.3. The largest absolute Gasteiger partial charge is 0.508 e. The van der Waals surface area contributed by atoms with Crippen molar-refractivity contribution in [3.8, 4) is 5.75 Å². The van der Waals surface area contributed by atoms with E-state index in [1.165, 1.54) is 6.07 Å². The van der Waals surface area contributed by atoms with Gasteiger partial charge in [0.15, 0.2) is 0 Å². The van der Waals surface area contributed by atoms with E-state index in [1.807, 2.05) is 37.3 Å². The molecule has 30 heavy (non-hydrogen) atoms. The van der Waals surface area contributed by atoms with E-state index < -0.39 is 24.2 Å². The minimum Gasteiger partial charge on any atom is -0.508 e. The van der Waals surface area contributed by atoms with Crippen LogP contribution in [0.4, 0.5) is 9.59 Å². The number of rotatable bonds is 9. The van der Waals surface area contributed by atoms with E-state index in [2.05, 4.69) is 10.6 Å². The molecule has 1 atom stereocenters. The zero-order chi connectivity index (χ0) is 21.8. The molecular weight excluding hydrogens is 388 g/mol. The Bertz CT molecular complexity index is 841. The smallest absolute Gasteiger partial charge is 0.415 e. The molecule has 2 aromatic carbocycles. The van der Waals surface area contributed by atoms with Gasteiger partial charge in [-0.25, -0.2) is 14.4 Å². The average Bonchev–Trinajstić information content (AvgIpc) is 2.74. The van der Waals surface area contributed by atoms with Crippen LogP contribution in [-0.4, -0.2) is 35.9 Å². The molecule has 2 rings (SSSR count). The summed E-state index contributed by atoms with van der Waals surface area (Å²) in [5, 5.41) is 14.8. The number of para-hydroxylation sites is 1. The third kappa shape index (κ3) is 7.83. The van der Waals surface area contributed by atoms with E-state index in [-0.39, 0.29) is 25.3 Å². The molecule has 0 spiro atoms. The van der Waals surface area contributed by atoms with E-state index >= 15 is 0 Å². The van der Waals surface area contributed by atoms with Crippen LogP contribution in [0.5, 0.6) is 5.75 Å². The number of hydrogen-bond donors (Lipinski definition) is 3. The Morgan fingerprint density at radius 2 is 1.70 bits per heavy atom. The molecule has 2 amide bonds. The Morgan fingerprint density at radius 3 is 2.40 bits per heavy atom. The molecule has 0 aliphatic heterocycles. The SMILES string of the molecule is CCCCOC(=O)NC(Cc1ccccc1O)C(=O)OC(=O)NCc1ccccc1. The van der Waals surface area contributed by atoms with Gasteiger partial charge in [0.25, 0.3) is 0 Å². The first-order chi connectivity index (χ1) is 14.5. The first-order valence-corrected chi connectivity index (χ1v) is 9.73. The van der Waals surface area contributed by atoms with Crippen molar-refractivity contribution < 1.29 is 29.0 Å². The fourth-order valence-electron chi connectivity index (χ4n) is 2.56. The maximum absolute atomic E-state index is 12.5. The van der Waals surface area contributed by atoms with Gasteiger partial charge in [0.1, 0.15) is 11.8 Å². The Hall–Kier alpha value is -3.55. The summed E-state index contributed by atoms with van der Waals surface area (Å²) < 4.78 is 9.85. The molecule has 0 heterocycles. The fourth-order valence-corrected chi connectivity index (χ4v) is 2.56. The summed E-state index contributed by atoms with van der Waals surface area (Å²) in [7, 11) is 0. The van der Waals surface area contributed by atoms with Crippen LogP contribution >= 0.6 is 0 Å². The molecule has 0 aliphatic rings. The number of alkyl carbamates (subject to hydrolysis) is 2. The standard InChI is InChI=1S/C22H26N2O6/c1-2-3-13-29-22(28)24-18(14-17-11-7-8-12-19(17)25)20(26)30-21(27)23-15-16-9-5-4-6-10-16/h4-12,18,25H,2-3,13-15H2,1H3,(H,23,27)(H,24,28). The van der Waals surface area contributed by atoms with Crippen molar-refractivity contribution in [2.75, 3.05) is 6.61 Å². The van der Waals surface area contributed by atoms with Gasteiger partial charge in [0.2, 0.25) is 0 Å². The average molecular weight is 414 g/mol. The minimum atomic E-state index is -1.21. The van der Waals surface area contributed by atoms with Crippen LogP contribution in [0.3, 0.4) is 0 Å². The Morgan fingerprint density at radius 1 is 1.00 bits per heavy atom. The van der Waals surface area contributed by atoms with E-state index in [9.17, 15) is 19.5 Å². The highest BCUT2D eigenvalue weighted by molar-refractivity contribution is 5.90. The molecule has 0 aromatic heterocycles. The molecule has 0 saturated carbocycles. The predicted molar refractivity (Wildman–Crippen MR) is 110 cm³/mol. The predicted octanol–water partition coefficient (Wildman–Crippen LogP) is 3.28. The summed E-state index contributed by atoms with van der Waals surface area (Å²) in [6.45, 7) is 2.34. The summed E-state index contributed by atoms with van der Waals surface area (Å²) in [5.74, 6) is -0.999. The van der Waals surface area contributed by atoms with E-state index in [0.29, 0.717) is 12.0 Å². The summed E-state index contributed by atoms with van der Waals surface area (Å²) in [4.78, 5) is 36.5. The van der Waals surface area contributed by atoms with Crippen LogP contribution in [0, 0.1) is 0 Å². The Kier molecular flexibility index (Phi) is 9.18. The van der Waals surface area contributed by atoms with Crippen LogP contribution in [0.15, 0.2) is 54.6 Å². The number of amides is 2. The van der Waals surface area contributed by atoms with Gasteiger partial charge in [0, 0.05) is 13.0 Å². The fraction of sp³-hybridized carbons (Fsp3) is 0.318. The van der Waals surface area contributed by atoms with E-state index in [0.717, 1.165) is 12.0 Å². The molecule has 3 N–H and O–H groups in total. The maximum atomic E-state index is 12.5. The van der Waals surface area contributed by atoms with Crippen LogP contribution in [0.25, 0.3) is 0 Å². The third-order valence-corrected chi connectivity index (χ3v) is 4.20. The number of ether oxygens (including phenoxy) is 2. The highest BCUT2D eigenvalue weighted by atomic mass is 16.6. The molecule has 2 aromatic rings. The van der Waals surface area contributed by atoms with E-state index in [1.54, 1.807) is 18.2 Å². The summed E-state index contributed by atoms with van der Waals surface area (Å²) in [5.41, 5.74) is 1.25. The minimum absolute atomic E-state index is 0.0371. The number of phenols is 1. The van der Waals surface area contributed by atoms with Crippen LogP contribution in [0.2, 0.25) is 0 Å². The molecule has 0 fully saturated rings. The molecule has 160 valence electrons. The highest BCUT2D eigenvalue weighted by Crippen LogP contribution is 2.18. The van der Waals surface area contributed by atoms with Crippen molar-refractivity contribution in [3.63, 3.8) is 0 Å². The van der Waals surface area contributed by atoms with Crippen molar-refractivity contribution in [2.45, 2.75) is 38.8 Å². The van der Waals surface area contributed by atoms with Crippen molar-refractivity contribution >= 4 is 18.2 Å². The van der Waals surface area contributed by atoms with E-state index in [4.69, 9.17) is 9.47 Å². The lowest BCUT2D eigenvalue weighted by molar-refractivity contribution is -0.139. The number of carbonyl (C=O) groups excluding carboxylic acids is 3. The molecule has 0 saturated heterocycles. The maximum Gasteiger partial charge on any atom is 0.415 e. The molecular formula is C22H26N2O6. The number of carbonyl (C=O) groups is 3. The van der Waals surface area contributed by atoms with Crippen molar-refractivity contribution in [1.29, 1.82) is 0 Å². The molecule has 0 bridgehead atoms. The van der Waals surface area contributed by atoms with Gasteiger partial charge < -0.3 is 25.2 Å². The topological polar surface area (TPSA) is 114 Å². The Balaban J connectivity index is 1.98. The van der Waals surface area contributed by atoms with Gasteiger partial charge >= 0.3 is 18.2 Å². The quantitative estimate of drug-likeness (QED) is 0.330. The lowest BCUT2D eigenvalue weighted by Gasteiger charge is -2.17. The molecule has 8 nitrogen and oxygen atoms in total. The molecule has 8 heteroatoms. The van der Waals surface area contributed by atoms with Gasteiger partial charge in [-0.05, 0) is 23.6 Å². The number of benzene rings is 2. The second-order valence-corrected chi connectivity index (χ2v) is 6.57. The van der Waals surface area contributed by atoms with Crippen LogP contribution in [0.1, 0.15) is 30.9 Å². The second kappa shape index (κ2) is 12.1. The second-order valence-electron chi connectivity index (χ2n) is 6.57. The van der Waals surface area contributed by atoms with Crippen molar-refractivity contribution in [3.05, 3.63) is 65.7 Å². The van der Waals surface area contributed by atoms with Crippen molar-refractivity contribution in [1.82, 2.24) is 10.6 Å². The van der Waals surface area contributed by atoms with Gasteiger partial charge in [-0.15, -0.1) is 0 Å². The molecule has 0 aliphatic carbocycles. The number of aromatic hydroxyl groups is 1. The highest BCUT2D eigenvalue weighted by Gasteiger charge is 2.26. The third-order valence-electron chi connectivity index (χ3n) is 4.20. The van der Waals surface area contributed by atoms with Crippen LogP contribution in [-0.2, 0) is 27.2 Å². The number of phenolic OH excluding ortho intramolecular Hbond substituents is 1. The molecule has 1 unspecified atom stereocenters. The van der Waals surface area contributed by atoms with Gasteiger partial charge in [-0.1, -0.05) is 61.9 Å². The lowest BCUT2D eigenvalue weighted by atomic mass is 10.1. The number of nitrogens with one attached hydrogen (secondary N) is 2. The zero-order valence-corrected chi connectivity index (χ0v) is 16.8. The first kappa shape index (κ1) is 22.7.